The van der Waals surface area contributed by atoms with Gasteiger partial charge in [0, 0.05) is 12.1 Å². The first-order valence-electron chi connectivity index (χ1n) is 4.65. The van der Waals surface area contributed by atoms with Crippen molar-refractivity contribution in [2.45, 2.75) is 37.8 Å². The molecular weight excluding hydrogens is 148 g/mol. The maximum atomic E-state index is 6.00. The Morgan fingerprint density at radius 3 is 2.75 bits per heavy atom. The maximum absolute atomic E-state index is 6.00. The van der Waals surface area contributed by atoms with E-state index in [4.69, 9.17) is 12.2 Å². The summed E-state index contributed by atoms with van der Waals surface area (Å²) in [6.45, 7) is 0.721. The molecule has 0 heterocycles. The van der Waals surface area contributed by atoms with Crippen molar-refractivity contribution >= 4 is 0 Å². The van der Waals surface area contributed by atoms with Crippen LogP contribution in [0, 0.1) is 12.3 Å². The first-order chi connectivity index (χ1) is 5.75. The summed E-state index contributed by atoms with van der Waals surface area (Å²) in [7, 11) is 2.07. The molecule has 1 saturated carbocycles. The molecule has 0 bridgehead atoms. The number of likely N-dealkylation sites (N-methyl/N-ethyl adjacent to an activating group) is 1. The van der Waals surface area contributed by atoms with Gasteiger partial charge in [-0.3, -0.25) is 4.90 Å². The Labute approximate surface area is 75.1 Å². The zero-order chi connectivity index (χ0) is 8.97. The van der Waals surface area contributed by atoms with Gasteiger partial charge in [0.1, 0.15) is 0 Å². The van der Waals surface area contributed by atoms with Gasteiger partial charge < -0.3 is 5.73 Å². The van der Waals surface area contributed by atoms with Gasteiger partial charge in [0.2, 0.25) is 0 Å². The monoisotopic (exact) mass is 166 g/mol. The summed E-state index contributed by atoms with van der Waals surface area (Å²) >= 11 is 0. The Bertz CT molecular complexity index is 171. The zero-order valence-electron chi connectivity index (χ0n) is 7.79. The van der Waals surface area contributed by atoms with Crippen molar-refractivity contribution in [3.8, 4) is 12.3 Å². The summed E-state index contributed by atoms with van der Waals surface area (Å²) in [5.74, 6) is 2.66. The number of nitrogens with zero attached hydrogens (tertiary/aromatic N) is 1. The van der Waals surface area contributed by atoms with Gasteiger partial charge in [-0.25, -0.2) is 0 Å². The molecule has 1 aliphatic carbocycles. The summed E-state index contributed by atoms with van der Waals surface area (Å²) in [6.07, 6.45) is 10.2. The summed E-state index contributed by atoms with van der Waals surface area (Å²) < 4.78 is 0. The van der Waals surface area contributed by atoms with Crippen molar-refractivity contribution in [2.24, 2.45) is 5.73 Å². The summed E-state index contributed by atoms with van der Waals surface area (Å²) in [5.41, 5.74) is 6.00. The van der Waals surface area contributed by atoms with Gasteiger partial charge in [0.05, 0.1) is 6.54 Å². The van der Waals surface area contributed by atoms with E-state index in [1.807, 2.05) is 0 Å². The van der Waals surface area contributed by atoms with E-state index in [0.717, 1.165) is 13.0 Å². The van der Waals surface area contributed by atoms with Crippen LogP contribution in [0.15, 0.2) is 0 Å². The van der Waals surface area contributed by atoms with Gasteiger partial charge >= 0.3 is 0 Å². The van der Waals surface area contributed by atoms with Crippen LogP contribution in [0.25, 0.3) is 0 Å². The molecule has 2 atom stereocenters. The van der Waals surface area contributed by atoms with Gasteiger partial charge in [-0.2, -0.15) is 0 Å². The minimum absolute atomic E-state index is 0.331. The Hall–Kier alpha value is -0.520. The molecule has 12 heavy (non-hydrogen) atoms. The number of nitrogens with two attached hydrogens (primary N) is 1. The molecule has 0 aromatic rings. The second-order valence-corrected chi connectivity index (χ2v) is 3.63. The van der Waals surface area contributed by atoms with Crippen LogP contribution in [-0.4, -0.2) is 30.6 Å². The fraction of sp³-hybridized carbons (Fsp3) is 0.800. The van der Waals surface area contributed by atoms with Gasteiger partial charge in [0.15, 0.2) is 0 Å². The fourth-order valence-corrected chi connectivity index (χ4v) is 1.95. The van der Waals surface area contributed by atoms with E-state index in [1.54, 1.807) is 0 Å². The Morgan fingerprint density at radius 1 is 1.50 bits per heavy atom. The number of hydrogen-bond donors (Lipinski definition) is 1. The van der Waals surface area contributed by atoms with Crippen molar-refractivity contribution in [1.29, 1.82) is 0 Å². The number of hydrogen-bond acceptors (Lipinski definition) is 2. The van der Waals surface area contributed by atoms with E-state index < -0.39 is 0 Å². The molecule has 1 aliphatic rings. The summed E-state index contributed by atoms with van der Waals surface area (Å²) in [5, 5.41) is 0. The van der Waals surface area contributed by atoms with E-state index in [-0.39, 0.29) is 0 Å². The Kier molecular flexibility index (Phi) is 3.58. The average molecular weight is 166 g/mol. The molecule has 0 saturated heterocycles. The van der Waals surface area contributed by atoms with Crippen LogP contribution >= 0.6 is 0 Å². The molecule has 0 aliphatic heterocycles. The molecule has 1 rings (SSSR count). The number of terminal acetylenes is 1. The molecule has 2 nitrogen and oxygen atoms in total. The third kappa shape index (κ3) is 2.23. The molecule has 1 fully saturated rings. The lowest BCUT2D eigenvalue weighted by molar-refractivity contribution is 0.186. The van der Waals surface area contributed by atoms with E-state index in [9.17, 15) is 0 Å². The summed E-state index contributed by atoms with van der Waals surface area (Å²) in [6, 6.07) is 0.840. The van der Waals surface area contributed by atoms with Crippen molar-refractivity contribution < 1.29 is 0 Å². The molecule has 0 unspecified atom stereocenters. The standard InChI is InChI=1S/C10H18N2/c1-3-8-12(2)10-7-5-4-6-9(10)11/h1,9-10H,4-8,11H2,2H3/t9-,10-/m1/s1. The molecule has 2 N–H and O–H groups in total. The zero-order valence-corrected chi connectivity index (χ0v) is 7.79. The van der Waals surface area contributed by atoms with Crippen molar-refractivity contribution in [2.75, 3.05) is 13.6 Å². The van der Waals surface area contributed by atoms with Gasteiger partial charge in [0.25, 0.3) is 0 Å². The van der Waals surface area contributed by atoms with Crippen LogP contribution in [0.5, 0.6) is 0 Å². The SMILES string of the molecule is C#CCN(C)[C@@H]1CCCC[C@H]1N. The average Bonchev–Trinajstić information content (AvgIpc) is 2.05. The van der Waals surface area contributed by atoms with Gasteiger partial charge in [-0.05, 0) is 19.9 Å². The van der Waals surface area contributed by atoms with Crippen LogP contribution in [0.3, 0.4) is 0 Å². The second-order valence-electron chi connectivity index (χ2n) is 3.63. The molecule has 0 radical (unpaired) electrons. The van der Waals surface area contributed by atoms with Gasteiger partial charge in [-0.15, -0.1) is 6.42 Å². The quantitative estimate of drug-likeness (QED) is 0.615. The predicted octanol–water partition coefficient (Wildman–Crippen LogP) is 0.821. The fourth-order valence-electron chi connectivity index (χ4n) is 1.95. The first kappa shape index (κ1) is 9.57. The lowest BCUT2D eigenvalue weighted by atomic mass is 9.90. The molecule has 0 spiro atoms. The topological polar surface area (TPSA) is 29.3 Å². The van der Waals surface area contributed by atoms with E-state index >= 15 is 0 Å². The maximum Gasteiger partial charge on any atom is 0.0599 e. The third-order valence-corrected chi connectivity index (χ3v) is 2.69. The van der Waals surface area contributed by atoms with E-state index in [2.05, 4.69) is 17.9 Å². The van der Waals surface area contributed by atoms with Crippen molar-refractivity contribution in [3.63, 3.8) is 0 Å². The highest BCUT2D eigenvalue weighted by Gasteiger charge is 2.24. The lowest BCUT2D eigenvalue weighted by Crippen LogP contribution is -2.47. The predicted molar refractivity (Wildman–Crippen MR) is 51.7 cm³/mol. The van der Waals surface area contributed by atoms with Gasteiger partial charge in [-0.1, -0.05) is 18.8 Å². The molecule has 0 amide bonds. The Balaban J connectivity index is 2.43. The molecule has 2 heteroatoms. The highest BCUT2D eigenvalue weighted by molar-refractivity contribution is 4.92. The largest absolute Gasteiger partial charge is 0.326 e. The molecule has 68 valence electrons. The van der Waals surface area contributed by atoms with Crippen LogP contribution in [0.1, 0.15) is 25.7 Å². The smallest absolute Gasteiger partial charge is 0.0599 e. The van der Waals surface area contributed by atoms with Crippen molar-refractivity contribution in [3.05, 3.63) is 0 Å². The van der Waals surface area contributed by atoms with Crippen molar-refractivity contribution in [1.82, 2.24) is 4.90 Å². The molecule has 0 aromatic heterocycles. The van der Waals surface area contributed by atoms with E-state index in [0.29, 0.717) is 12.1 Å². The third-order valence-electron chi connectivity index (χ3n) is 2.69. The van der Waals surface area contributed by atoms with Crippen LogP contribution in [-0.2, 0) is 0 Å². The van der Waals surface area contributed by atoms with E-state index in [1.165, 1.54) is 19.3 Å². The lowest BCUT2D eigenvalue weighted by Gasteiger charge is -2.34. The highest BCUT2D eigenvalue weighted by atomic mass is 15.1. The Morgan fingerprint density at radius 2 is 2.17 bits per heavy atom. The minimum atomic E-state index is 0.331. The highest BCUT2D eigenvalue weighted by Crippen LogP contribution is 2.20. The van der Waals surface area contributed by atoms with Crippen LogP contribution < -0.4 is 5.73 Å². The number of rotatable bonds is 2. The molecular formula is C10H18N2. The molecule has 0 aromatic carbocycles. The van der Waals surface area contributed by atoms with Crippen LogP contribution in [0.4, 0.5) is 0 Å². The second kappa shape index (κ2) is 4.49. The minimum Gasteiger partial charge on any atom is -0.326 e. The van der Waals surface area contributed by atoms with Crippen LogP contribution in [0.2, 0.25) is 0 Å². The normalized spacial score (nSPS) is 30.2. The first-order valence-corrected chi connectivity index (χ1v) is 4.65. The summed E-state index contributed by atoms with van der Waals surface area (Å²) in [4.78, 5) is 2.20.